The van der Waals surface area contributed by atoms with Crippen LogP contribution in [-0.4, -0.2) is 15.3 Å². The Morgan fingerprint density at radius 1 is 1.26 bits per heavy atom. The lowest BCUT2D eigenvalue weighted by atomic mass is 10.1. The summed E-state index contributed by atoms with van der Waals surface area (Å²) >= 11 is 6.04. The molecule has 0 saturated heterocycles. The van der Waals surface area contributed by atoms with Crippen LogP contribution in [0.1, 0.15) is 32.0 Å². The summed E-state index contributed by atoms with van der Waals surface area (Å²) in [4.78, 5) is 0. The molecule has 0 bridgehead atoms. The van der Waals surface area contributed by atoms with Gasteiger partial charge in [0.05, 0.1) is 11.4 Å². The lowest BCUT2D eigenvalue weighted by Gasteiger charge is -2.19. The van der Waals surface area contributed by atoms with Crippen molar-refractivity contribution in [3.63, 3.8) is 0 Å². The third-order valence-corrected chi connectivity index (χ3v) is 3.10. The molecule has 1 heterocycles. The smallest absolute Gasteiger partial charge is 0.0767 e. The van der Waals surface area contributed by atoms with E-state index in [1.807, 2.05) is 35.1 Å². The van der Waals surface area contributed by atoms with Gasteiger partial charge in [0.2, 0.25) is 0 Å². The van der Waals surface area contributed by atoms with Crippen LogP contribution in [0.25, 0.3) is 5.69 Å². The van der Waals surface area contributed by atoms with Crippen molar-refractivity contribution >= 4 is 11.6 Å². The fourth-order valence-corrected chi connectivity index (χ4v) is 1.94. The van der Waals surface area contributed by atoms with E-state index >= 15 is 0 Å². The minimum atomic E-state index is 0.0930. The number of aryl methyl sites for hydroxylation is 1. The monoisotopic (exact) mass is 277 g/mol. The molecule has 0 aliphatic heterocycles. The van der Waals surface area contributed by atoms with Gasteiger partial charge in [0.15, 0.2) is 0 Å². The molecule has 1 N–H and O–H groups in total. The predicted octanol–water partition coefficient (Wildman–Crippen LogP) is 3.72. The second kappa shape index (κ2) is 5.35. The van der Waals surface area contributed by atoms with E-state index in [1.165, 1.54) is 0 Å². The van der Waals surface area contributed by atoms with Crippen molar-refractivity contribution < 1.29 is 0 Å². The van der Waals surface area contributed by atoms with Gasteiger partial charge in [-0.05, 0) is 51.5 Å². The molecular weight excluding hydrogens is 258 g/mol. The number of nitrogens with zero attached hydrogens (tertiary/aromatic N) is 2. The van der Waals surface area contributed by atoms with Gasteiger partial charge in [0.1, 0.15) is 0 Å². The predicted molar refractivity (Wildman–Crippen MR) is 79.9 cm³/mol. The van der Waals surface area contributed by atoms with E-state index in [-0.39, 0.29) is 5.54 Å². The van der Waals surface area contributed by atoms with Crippen LogP contribution >= 0.6 is 11.6 Å². The standard InChI is InChI=1S/C15H20ClN3/c1-11-5-6-12(16)9-14(11)19-8-7-13(18-19)10-17-15(2,3)4/h5-9,17H,10H2,1-4H3. The Labute approximate surface area is 119 Å². The van der Waals surface area contributed by atoms with E-state index in [1.54, 1.807) is 0 Å². The zero-order valence-electron chi connectivity index (χ0n) is 11.9. The second-order valence-corrected chi connectivity index (χ2v) is 6.22. The SMILES string of the molecule is Cc1ccc(Cl)cc1-n1ccc(CNC(C)(C)C)n1. The Bertz CT molecular complexity index is 567. The zero-order chi connectivity index (χ0) is 14.0. The normalized spacial score (nSPS) is 11.8. The molecule has 0 fully saturated rings. The molecule has 1 aromatic heterocycles. The Hall–Kier alpha value is -1.32. The molecule has 0 amide bonds. The Balaban J connectivity index is 2.19. The van der Waals surface area contributed by atoms with Crippen molar-refractivity contribution in [3.05, 3.63) is 46.7 Å². The van der Waals surface area contributed by atoms with Crippen molar-refractivity contribution in [1.29, 1.82) is 0 Å². The first-order valence-electron chi connectivity index (χ1n) is 6.41. The molecule has 19 heavy (non-hydrogen) atoms. The summed E-state index contributed by atoms with van der Waals surface area (Å²) in [5.74, 6) is 0. The fraction of sp³-hybridized carbons (Fsp3) is 0.400. The van der Waals surface area contributed by atoms with E-state index in [2.05, 4.69) is 38.1 Å². The number of nitrogens with one attached hydrogen (secondary N) is 1. The van der Waals surface area contributed by atoms with Crippen LogP contribution in [0, 0.1) is 6.92 Å². The van der Waals surface area contributed by atoms with E-state index < -0.39 is 0 Å². The number of rotatable bonds is 3. The largest absolute Gasteiger partial charge is 0.306 e. The van der Waals surface area contributed by atoms with Crippen LogP contribution < -0.4 is 5.32 Å². The third-order valence-electron chi connectivity index (χ3n) is 2.86. The molecule has 0 aliphatic carbocycles. The highest BCUT2D eigenvalue weighted by molar-refractivity contribution is 6.30. The second-order valence-electron chi connectivity index (χ2n) is 5.79. The summed E-state index contributed by atoms with van der Waals surface area (Å²) in [6, 6.07) is 7.86. The Kier molecular flexibility index (Phi) is 3.97. The number of benzene rings is 1. The van der Waals surface area contributed by atoms with Crippen molar-refractivity contribution in [3.8, 4) is 5.69 Å². The molecule has 0 aliphatic rings. The average molecular weight is 278 g/mol. The van der Waals surface area contributed by atoms with Crippen molar-refractivity contribution in [2.24, 2.45) is 0 Å². The van der Waals surface area contributed by atoms with E-state index in [0.717, 1.165) is 28.5 Å². The van der Waals surface area contributed by atoms with Crippen molar-refractivity contribution in [2.75, 3.05) is 0 Å². The topological polar surface area (TPSA) is 29.9 Å². The molecule has 102 valence electrons. The molecular formula is C15H20ClN3. The van der Waals surface area contributed by atoms with Gasteiger partial charge in [0, 0.05) is 23.3 Å². The molecule has 4 heteroatoms. The summed E-state index contributed by atoms with van der Waals surface area (Å²) in [6.45, 7) is 9.25. The maximum atomic E-state index is 6.04. The van der Waals surface area contributed by atoms with E-state index in [9.17, 15) is 0 Å². The fourth-order valence-electron chi connectivity index (χ4n) is 1.78. The van der Waals surface area contributed by atoms with Crippen LogP contribution in [-0.2, 0) is 6.54 Å². The first-order valence-corrected chi connectivity index (χ1v) is 6.79. The first-order chi connectivity index (χ1) is 8.85. The summed E-state index contributed by atoms with van der Waals surface area (Å²) in [7, 11) is 0. The van der Waals surface area contributed by atoms with Gasteiger partial charge < -0.3 is 5.32 Å². The van der Waals surface area contributed by atoms with Gasteiger partial charge in [-0.15, -0.1) is 0 Å². The lowest BCUT2D eigenvalue weighted by molar-refractivity contribution is 0.420. The van der Waals surface area contributed by atoms with Crippen LogP contribution in [0.4, 0.5) is 0 Å². The van der Waals surface area contributed by atoms with E-state index in [4.69, 9.17) is 11.6 Å². The average Bonchev–Trinajstić information content (AvgIpc) is 2.77. The van der Waals surface area contributed by atoms with Gasteiger partial charge >= 0.3 is 0 Å². The van der Waals surface area contributed by atoms with Gasteiger partial charge in [0.25, 0.3) is 0 Å². The van der Waals surface area contributed by atoms with Crippen molar-refractivity contribution in [2.45, 2.75) is 39.8 Å². The van der Waals surface area contributed by atoms with Gasteiger partial charge in [-0.2, -0.15) is 5.10 Å². The molecule has 2 aromatic rings. The van der Waals surface area contributed by atoms with Crippen LogP contribution in [0.3, 0.4) is 0 Å². The molecule has 0 radical (unpaired) electrons. The maximum absolute atomic E-state index is 6.04. The number of aromatic nitrogens is 2. The van der Waals surface area contributed by atoms with Gasteiger partial charge in [-0.25, -0.2) is 4.68 Å². The number of hydrogen-bond donors (Lipinski definition) is 1. The first kappa shape index (κ1) is 14.1. The molecule has 0 saturated carbocycles. The Morgan fingerprint density at radius 3 is 2.68 bits per heavy atom. The number of halogens is 1. The zero-order valence-corrected chi connectivity index (χ0v) is 12.6. The Morgan fingerprint density at radius 2 is 2.00 bits per heavy atom. The van der Waals surface area contributed by atoms with Crippen LogP contribution in [0.2, 0.25) is 5.02 Å². The highest BCUT2D eigenvalue weighted by Crippen LogP contribution is 2.19. The molecule has 2 rings (SSSR count). The quantitative estimate of drug-likeness (QED) is 0.927. The van der Waals surface area contributed by atoms with Crippen molar-refractivity contribution in [1.82, 2.24) is 15.1 Å². The molecule has 0 atom stereocenters. The highest BCUT2D eigenvalue weighted by Gasteiger charge is 2.10. The molecule has 1 aromatic carbocycles. The summed E-state index contributed by atoms with van der Waals surface area (Å²) < 4.78 is 1.88. The minimum Gasteiger partial charge on any atom is -0.306 e. The summed E-state index contributed by atoms with van der Waals surface area (Å²) in [6.07, 6.45) is 1.97. The summed E-state index contributed by atoms with van der Waals surface area (Å²) in [5.41, 5.74) is 3.29. The third kappa shape index (κ3) is 3.82. The highest BCUT2D eigenvalue weighted by atomic mass is 35.5. The molecule has 0 spiro atoms. The van der Waals surface area contributed by atoms with E-state index in [0.29, 0.717) is 0 Å². The minimum absolute atomic E-state index is 0.0930. The van der Waals surface area contributed by atoms with Crippen LogP contribution in [0.15, 0.2) is 30.5 Å². The maximum Gasteiger partial charge on any atom is 0.0767 e. The van der Waals surface area contributed by atoms with Gasteiger partial charge in [-0.1, -0.05) is 17.7 Å². The van der Waals surface area contributed by atoms with Gasteiger partial charge in [-0.3, -0.25) is 0 Å². The number of hydrogen-bond acceptors (Lipinski definition) is 2. The molecule has 0 unspecified atom stereocenters. The summed E-state index contributed by atoms with van der Waals surface area (Å²) in [5, 5.41) is 8.74. The molecule has 3 nitrogen and oxygen atoms in total. The van der Waals surface area contributed by atoms with Crippen LogP contribution in [0.5, 0.6) is 0 Å². The lowest BCUT2D eigenvalue weighted by Crippen LogP contribution is -2.35.